The van der Waals surface area contributed by atoms with Crippen LogP contribution in [-0.2, 0) is 4.79 Å². The highest BCUT2D eigenvalue weighted by Gasteiger charge is 2.44. The Morgan fingerprint density at radius 3 is 2.47 bits per heavy atom. The first kappa shape index (κ1) is 10.5. The minimum absolute atomic E-state index is 0.0789. The highest BCUT2D eigenvalue weighted by atomic mass is 16.4. The second-order valence-corrected chi connectivity index (χ2v) is 5.48. The van der Waals surface area contributed by atoms with Crippen LogP contribution in [0.15, 0.2) is 5.10 Å². The van der Waals surface area contributed by atoms with Crippen molar-refractivity contribution in [2.75, 3.05) is 0 Å². The molecule has 15 heavy (non-hydrogen) atoms. The van der Waals surface area contributed by atoms with Gasteiger partial charge in [-0.05, 0) is 39.5 Å². The highest BCUT2D eigenvalue weighted by Crippen LogP contribution is 2.41. The molecule has 1 heterocycles. The van der Waals surface area contributed by atoms with Crippen LogP contribution in [0.4, 0.5) is 0 Å². The molecule has 1 N–H and O–H groups in total. The number of aliphatic carboxylic acids is 1. The minimum atomic E-state index is -0.868. The van der Waals surface area contributed by atoms with Crippen molar-refractivity contribution < 1.29 is 9.90 Å². The van der Waals surface area contributed by atoms with Crippen molar-refractivity contribution in [3.63, 3.8) is 0 Å². The van der Waals surface area contributed by atoms with Crippen LogP contribution in [0.2, 0.25) is 0 Å². The number of rotatable bonds is 2. The lowest BCUT2D eigenvalue weighted by atomic mass is 10.0. The number of hydrogen-bond donors (Lipinski definition) is 1. The smallest absolute Gasteiger partial charge is 0.352 e. The predicted molar refractivity (Wildman–Crippen MR) is 57.8 cm³/mol. The molecule has 2 aliphatic rings. The molecule has 84 valence electrons. The summed E-state index contributed by atoms with van der Waals surface area (Å²) in [7, 11) is 0. The van der Waals surface area contributed by atoms with Crippen molar-refractivity contribution in [1.29, 1.82) is 0 Å². The average molecular weight is 210 g/mol. The molecule has 1 aliphatic heterocycles. The van der Waals surface area contributed by atoms with E-state index in [4.69, 9.17) is 5.11 Å². The number of hydrogen-bond acceptors (Lipinski definition) is 3. The Morgan fingerprint density at radius 1 is 1.47 bits per heavy atom. The van der Waals surface area contributed by atoms with Crippen LogP contribution >= 0.6 is 0 Å². The van der Waals surface area contributed by atoms with Crippen molar-refractivity contribution in [2.45, 2.75) is 51.6 Å². The molecule has 1 saturated carbocycles. The second-order valence-electron chi connectivity index (χ2n) is 5.48. The van der Waals surface area contributed by atoms with Gasteiger partial charge in [-0.2, -0.15) is 5.10 Å². The summed E-state index contributed by atoms with van der Waals surface area (Å²) in [5.41, 5.74) is 0.242. The Balaban J connectivity index is 2.19. The summed E-state index contributed by atoms with van der Waals surface area (Å²) >= 11 is 0. The van der Waals surface area contributed by atoms with Gasteiger partial charge in [0.25, 0.3) is 0 Å². The Morgan fingerprint density at radius 2 is 2.07 bits per heavy atom. The van der Waals surface area contributed by atoms with E-state index >= 15 is 0 Å². The zero-order chi connectivity index (χ0) is 11.2. The highest BCUT2D eigenvalue weighted by molar-refractivity contribution is 6.36. The van der Waals surface area contributed by atoms with Crippen molar-refractivity contribution in [2.24, 2.45) is 11.0 Å². The van der Waals surface area contributed by atoms with Gasteiger partial charge in [0.2, 0.25) is 0 Å². The molecular formula is C11H18N2O2. The van der Waals surface area contributed by atoms with E-state index in [1.807, 2.05) is 5.01 Å². The second kappa shape index (κ2) is 3.22. The van der Waals surface area contributed by atoms with Gasteiger partial charge in [-0.3, -0.25) is 5.01 Å². The normalized spacial score (nSPS) is 26.7. The summed E-state index contributed by atoms with van der Waals surface area (Å²) in [4.78, 5) is 10.9. The van der Waals surface area contributed by atoms with Crippen molar-refractivity contribution >= 4 is 11.7 Å². The lowest BCUT2D eigenvalue weighted by Crippen LogP contribution is -2.42. The third kappa shape index (κ3) is 1.98. The fraction of sp³-hybridized carbons (Fsp3) is 0.818. The summed E-state index contributed by atoms with van der Waals surface area (Å²) < 4.78 is 0. The molecule has 0 aromatic rings. The molecule has 0 aromatic carbocycles. The van der Waals surface area contributed by atoms with Crippen LogP contribution in [0.1, 0.15) is 40.0 Å². The quantitative estimate of drug-likeness (QED) is 0.755. The van der Waals surface area contributed by atoms with Crippen molar-refractivity contribution in [3.05, 3.63) is 0 Å². The van der Waals surface area contributed by atoms with Crippen molar-refractivity contribution in [1.82, 2.24) is 5.01 Å². The Bertz CT molecular complexity index is 313. The number of carbonyl (C=O) groups is 1. The van der Waals surface area contributed by atoms with Gasteiger partial charge in [-0.1, -0.05) is 0 Å². The summed E-state index contributed by atoms with van der Waals surface area (Å²) in [5, 5.41) is 15.2. The molecule has 0 bridgehead atoms. The first-order valence-electron chi connectivity index (χ1n) is 5.49. The maximum atomic E-state index is 10.9. The van der Waals surface area contributed by atoms with Crippen LogP contribution in [0, 0.1) is 5.92 Å². The lowest BCUT2D eigenvalue weighted by Gasteiger charge is -2.35. The first-order valence-corrected chi connectivity index (χ1v) is 5.49. The SMILES string of the molecule is CC(C)(C)N1N=C(C(=O)O)CC1C1CC1. The summed E-state index contributed by atoms with van der Waals surface area (Å²) in [6, 6.07) is 0.316. The molecule has 1 aliphatic carbocycles. The van der Waals surface area contributed by atoms with Crippen molar-refractivity contribution in [3.8, 4) is 0 Å². The first-order chi connectivity index (χ1) is 6.89. The van der Waals surface area contributed by atoms with E-state index in [0.717, 1.165) is 0 Å². The van der Waals surface area contributed by atoms with Gasteiger partial charge >= 0.3 is 5.97 Å². The van der Waals surface area contributed by atoms with E-state index in [1.54, 1.807) is 0 Å². The molecule has 2 rings (SSSR count). The maximum absolute atomic E-state index is 10.9. The number of carboxylic acid groups (broad SMARTS) is 1. The molecule has 0 radical (unpaired) electrons. The molecule has 0 amide bonds. The largest absolute Gasteiger partial charge is 0.477 e. The van der Waals surface area contributed by atoms with Crippen LogP contribution in [0.25, 0.3) is 0 Å². The van der Waals surface area contributed by atoms with Gasteiger partial charge in [0.15, 0.2) is 0 Å². The molecule has 1 fully saturated rings. The topological polar surface area (TPSA) is 52.9 Å². The van der Waals surface area contributed by atoms with Gasteiger partial charge in [-0.15, -0.1) is 0 Å². The summed E-state index contributed by atoms with van der Waals surface area (Å²) in [6.45, 7) is 6.24. The van der Waals surface area contributed by atoms with E-state index in [9.17, 15) is 4.79 Å². The van der Waals surface area contributed by atoms with E-state index in [1.165, 1.54) is 12.8 Å². The summed E-state index contributed by atoms with van der Waals surface area (Å²) in [5.74, 6) is -0.211. The van der Waals surface area contributed by atoms with Gasteiger partial charge in [0.1, 0.15) is 5.71 Å². The fourth-order valence-corrected chi connectivity index (χ4v) is 2.15. The van der Waals surface area contributed by atoms with Gasteiger partial charge < -0.3 is 5.11 Å². The molecule has 4 nitrogen and oxygen atoms in total. The molecule has 0 aromatic heterocycles. The van der Waals surface area contributed by atoms with Crippen LogP contribution in [0.5, 0.6) is 0 Å². The monoisotopic (exact) mass is 210 g/mol. The zero-order valence-electron chi connectivity index (χ0n) is 9.53. The lowest BCUT2D eigenvalue weighted by molar-refractivity contribution is -0.129. The number of nitrogens with zero attached hydrogens (tertiary/aromatic N) is 2. The molecule has 1 atom stereocenters. The van der Waals surface area contributed by atoms with E-state index < -0.39 is 5.97 Å². The standard InChI is InChI=1S/C11H18N2O2/c1-11(2,3)13-9(7-4-5-7)6-8(12-13)10(14)15/h7,9H,4-6H2,1-3H3,(H,14,15). The number of hydrazone groups is 1. The Hall–Kier alpha value is -1.06. The third-order valence-electron chi connectivity index (χ3n) is 3.05. The van der Waals surface area contributed by atoms with Crippen LogP contribution < -0.4 is 0 Å². The average Bonchev–Trinajstić information content (AvgIpc) is 2.81. The maximum Gasteiger partial charge on any atom is 0.352 e. The van der Waals surface area contributed by atoms with Gasteiger partial charge in [0, 0.05) is 12.0 Å². The van der Waals surface area contributed by atoms with Crippen LogP contribution in [-0.4, -0.2) is 33.4 Å². The van der Waals surface area contributed by atoms with E-state index in [2.05, 4.69) is 25.9 Å². The molecule has 0 saturated heterocycles. The van der Waals surface area contributed by atoms with E-state index in [-0.39, 0.29) is 5.54 Å². The Kier molecular flexibility index (Phi) is 2.24. The fourth-order valence-electron chi connectivity index (χ4n) is 2.15. The van der Waals surface area contributed by atoms with Crippen LogP contribution in [0.3, 0.4) is 0 Å². The molecule has 0 spiro atoms. The third-order valence-corrected chi connectivity index (χ3v) is 3.05. The zero-order valence-corrected chi connectivity index (χ0v) is 9.53. The molecule has 4 heteroatoms. The molecular weight excluding hydrogens is 192 g/mol. The summed E-state index contributed by atoms with van der Waals surface area (Å²) in [6.07, 6.45) is 3.05. The van der Waals surface area contributed by atoms with Gasteiger partial charge in [-0.25, -0.2) is 4.79 Å². The minimum Gasteiger partial charge on any atom is -0.477 e. The number of carboxylic acids is 1. The Labute approximate surface area is 90.0 Å². The predicted octanol–water partition coefficient (Wildman–Crippen LogP) is 1.71. The molecule has 1 unspecified atom stereocenters. The van der Waals surface area contributed by atoms with Gasteiger partial charge in [0.05, 0.1) is 6.04 Å². The van der Waals surface area contributed by atoms with E-state index in [0.29, 0.717) is 24.1 Å².